The van der Waals surface area contributed by atoms with E-state index in [-0.39, 0.29) is 5.82 Å². The van der Waals surface area contributed by atoms with Gasteiger partial charge in [-0.2, -0.15) is 5.10 Å². The van der Waals surface area contributed by atoms with E-state index < -0.39 is 0 Å². The summed E-state index contributed by atoms with van der Waals surface area (Å²) in [6.07, 6.45) is 4.64. The van der Waals surface area contributed by atoms with Gasteiger partial charge in [-0.15, -0.1) is 0 Å². The first kappa shape index (κ1) is 11.8. The zero-order valence-electron chi connectivity index (χ0n) is 9.86. The molecule has 0 fully saturated rings. The lowest BCUT2D eigenvalue weighted by Crippen LogP contribution is -2.03. The van der Waals surface area contributed by atoms with Crippen LogP contribution in [0.2, 0.25) is 0 Å². The van der Waals surface area contributed by atoms with Gasteiger partial charge in [-0.3, -0.25) is 4.68 Å². The molecule has 3 nitrogen and oxygen atoms in total. The Kier molecular flexibility index (Phi) is 3.54. The minimum atomic E-state index is -0.199. The standard InChI is InChI=1S/C13H16FN3/c1-10-6-13(14)3-2-12(10)9-17-8-11(4-5-15)7-16-17/h2-3,6-8H,4-5,9,15H2,1H3. The smallest absolute Gasteiger partial charge is 0.123 e. The Labute approximate surface area is 100 Å². The molecule has 0 radical (unpaired) electrons. The zero-order chi connectivity index (χ0) is 12.3. The van der Waals surface area contributed by atoms with E-state index in [0.29, 0.717) is 13.1 Å². The van der Waals surface area contributed by atoms with E-state index in [1.54, 1.807) is 12.1 Å². The van der Waals surface area contributed by atoms with E-state index in [2.05, 4.69) is 5.10 Å². The Hall–Kier alpha value is -1.68. The van der Waals surface area contributed by atoms with E-state index in [1.165, 1.54) is 6.07 Å². The Morgan fingerprint density at radius 2 is 2.24 bits per heavy atom. The van der Waals surface area contributed by atoms with Gasteiger partial charge >= 0.3 is 0 Å². The molecule has 0 spiro atoms. The third-order valence-electron chi connectivity index (χ3n) is 2.76. The fourth-order valence-electron chi connectivity index (χ4n) is 1.80. The van der Waals surface area contributed by atoms with Crippen LogP contribution in [-0.2, 0) is 13.0 Å². The number of nitrogens with two attached hydrogens (primary N) is 1. The van der Waals surface area contributed by atoms with Crippen molar-refractivity contribution in [2.45, 2.75) is 19.9 Å². The molecule has 1 aromatic heterocycles. The summed E-state index contributed by atoms with van der Waals surface area (Å²) in [6.45, 7) is 3.20. The van der Waals surface area contributed by atoms with Crippen LogP contribution in [-0.4, -0.2) is 16.3 Å². The molecule has 0 unspecified atom stereocenters. The highest BCUT2D eigenvalue weighted by atomic mass is 19.1. The molecule has 0 saturated carbocycles. The molecule has 17 heavy (non-hydrogen) atoms. The van der Waals surface area contributed by atoms with Crippen LogP contribution in [0, 0.1) is 12.7 Å². The minimum absolute atomic E-state index is 0.199. The SMILES string of the molecule is Cc1cc(F)ccc1Cn1cc(CCN)cn1. The number of benzene rings is 1. The second-order valence-corrected chi connectivity index (χ2v) is 4.16. The predicted molar refractivity (Wildman–Crippen MR) is 65.2 cm³/mol. The number of halogens is 1. The lowest BCUT2D eigenvalue weighted by Gasteiger charge is -2.05. The van der Waals surface area contributed by atoms with Crippen LogP contribution in [0.25, 0.3) is 0 Å². The van der Waals surface area contributed by atoms with Gasteiger partial charge in [-0.25, -0.2) is 4.39 Å². The topological polar surface area (TPSA) is 43.8 Å². The Morgan fingerprint density at radius 1 is 1.41 bits per heavy atom. The van der Waals surface area contributed by atoms with Crippen LogP contribution in [0.5, 0.6) is 0 Å². The third-order valence-corrected chi connectivity index (χ3v) is 2.76. The summed E-state index contributed by atoms with van der Waals surface area (Å²) < 4.78 is 14.8. The van der Waals surface area contributed by atoms with E-state index in [9.17, 15) is 4.39 Å². The number of aryl methyl sites for hydroxylation is 1. The number of hydrogen-bond donors (Lipinski definition) is 1. The van der Waals surface area contributed by atoms with E-state index in [4.69, 9.17) is 5.73 Å². The highest BCUT2D eigenvalue weighted by molar-refractivity contribution is 5.26. The molecule has 1 heterocycles. The van der Waals surface area contributed by atoms with E-state index in [0.717, 1.165) is 23.1 Å². The Balaban J connectivity index is 2.13. The highest BCUT2D eigenvalue weighted by Gasteiger charge is 2.03. The molecule has 0 aliphatic heterocycles. The largest absolute Gasteiger partial charge is 0.330 e. The molecule has 0 amide bonds. The van der Waals surface area contributed by atoms with Gasteiger partial charge in [-0.05, 0) is 48.7 Å². The number of aromatic nitrogens is 2. The second-order valence-electron chi connectivity index (χ2n) is 4.16. The summed E-state index contributed by atoms with van der Waals surface area (Å²) in [5.41, 5.74) is 8.64. The molecule has 0 aliphatic carbocycles. The van der Waals surface area contributed by atoms with Crippen LogP contribution in [0.3, 0.4) is 0 Å². The predicted octanol–water partition coefficient (Wildman–Crippen LogP) is 1.88. The van der Waals surface area contributed by atoms with Gasteiger partial charge in [0.2, 0.25) is 0 Å². The van der Waals surface area contributed by atoms with Crippen molar-refractivity contribution in [3.8, 4) is 0 Å². The van der Waals surface area contributed by atoms with Gasteiger partial charge < -0.3 is 5.73 Å². The van der Waals surface area contributed by atoms with Crippen molar-refractivity contribution in [3.05, 3.63) is 53.1 Å². The summed E-state index contributed by atoms with van der Waals surface area (Å²) in [7, 11) is 0. The van der Waals surface area contributed by atoms with E-state index in [1.807, 2.05) is 24.0 Å². The molecular weight excluding hydrogens is 217 g/mol. The molecule has 2 rings (SSSR count). The first-order valence-corrected chi connectivity index (χ1v) is 5.65. The number of nitrogens with zero attached hydrogens (tertiary/aromatic N) is 2. The van der Waals surface area contributed by atoms with Crippen LogP contribution < -0.4 is 5.73 Å². The van der Waals surface area contributed by atoms with Crippen molar-refractivity contribution in [2.75, 3.05) is 6.54 Å². The monoisotopic (exact) mass is 233 g/mol. The molecule has 0 atom stereocenters. The van der Waals surface area contributed by atoms with Crippen LogP contribution >= 0.6 is 0 Å². The van der Waals surface area contributed by atoms with Gasteiger partial charge in [0.15, 0.2) is 0 Å². The Bertz CT molecular complexity index is 505. The van der Waals surface area contributed by atoms with Crippen LogP contribution in [0.4, 0.5) is 4.39 Å². The molecule has 0 saturated heterocycles. The summed E-state index contributed by atoms with van der Waals surface area (Å²) in [5, 5.41) is 4.26. The van der Waals surface area contributed by atoms with Crippen molar-refractivity contribution < 1.29 is 4.39 Å². The van der Waals surface area contributed by atoms with Crippen molar-refractivity contribution >= 4 is 0 Å². The molecule has 90 valence electrons. The summed E-state index contributed by atoms with van der Waals surface area (Å²) >= 11 is 0. The maximum absolute atomic E-state index is 13.0. The van der Waals surface area contributed by atoms with Crippen molar-refractivity contribution in [1.29, 1.82) is 0 Å². The van der Waals surface area contributed by atoms with Gasteiger partial charge in [0.25, 0.3) is 0 Å². The molecule has 4 heteroatoms. The lowest BCUT2D eigenvalue weighted by molar-refractivity contribution is 0.622. The quantitative estimate of drug-likeness (QED) is 0.876. The second kappa shape index (κ2) is 5.10. The van der Waals surface area contributed by atoms with Gasteiger partial charge in [0.05, 0.1) is 12.7 Å². The van der Waals surface area contributed by atoms with Crippen molar-refractivity contribution in [1.82, 2.24) is 9.78 Å². The molecule has 2 aromatic rings. The average molecular weight is 233 g/mol. The van der Waals surface area contributed by atoms with Crippen LogP contribution in [0.15, 0.2) is 30.6 Å². The summed E-state index contributed by atoms with van der Waals surface area (Å²) in [6, 6.07) is 4.82. The first-order valence-electron chi connectivity index (χ1n) is 5.65. The third kappa shape index (κ3) is 2.91. The zero-order valence-corrected chi connectivity index (χ0v) is 9.86. The van der Waals surface area contributed by atoms with Gasteiger partial charge in [0.1, 0.15) is 5.82 Å². The lowest BCUT2D eigenvalue weighted by atomic mass is 10.1. The van der Waals surface area contributed by atoms with Crippen molar-refractivity contribution in [3.63, 3.8) is 0 Å². The molecule has 1 aromatic carbocycles. The van der Waals surface area contributed by atoms with Crippen molar-refractivity contribution in [2.24, 2.45) is 5.73 Å². The highest BCUT2D eigenvalue weighted by Crippen LogP contribution is 2.12. The fraction of sp³-hybridized carbons (Fsp3) is 0.308. The molecule has 0 aliphatic rings. The number of rotatable bonds is 4. The summed E-state index contributed by atoms with van der Waals surface area (Å²) in [4.78, 5) is 0. The first-order chi connectivity index (χ1) is 8.19. The average Bonchev–Trinajstić information content (AvgIpc) is 2.71. The summed E-state index contributed by atoms with van der Waals surface area (Å²) in [5.74, 6) is -0.199. The Morgan fingerprint density at radius 3 is 2.94 bits per heavy atom. The number of hydrogen-bond acceptors (Lipinski definition) is 2. The fourth-order valence-corrected chi connectivity index (χ4v) is 1.80. The maximum atomic E-state index is 13.0. The van der Waals surface area contributed by atoms with Crippen LogP contribution in [0.1, 0.15) is 16.7 Å². The molecular formula is C13H16FN3. The normalized spacial score (nSPS) is 10.8. The van der Waals surface area contributed by atoms with Gasteiger partial charge in [-0.1, -0.05) is 6.07 Å². The van der Waals surface area contributed by atoms with Gasteiger partial charge in [0, 0.05) is 6.20 Å². The maximum Gasteiger partial charge on any atom is 0.123 e. The molecule has 2 N–H and O–H groups in total. The van der Waals surface area contributed by atoms with E-state index >= 15 is 0 Å². The molecule has 0 bridgehead atoms. The minimum Gasteiger partial charge on any atom is -0.330 e.